The third kappa shape index (κ3) is 11.5. The quantitative estimate of drug-likeness (QED) is 0.226. The van der Waals surface area contributed by atoms with Crippen LogP contribution < -0.4 is 20.1 Å². The van der Waals surface area contributed by atoms with Gasteiger partial charge in [0, 0.05) is 49.3 Å². The Morgan fingerprint density at radius 1 is 0.981 bits per heavy atom. The van der Waals surface area contributed by atoms with Gasteiger partial charge in [0.15, 0.2) is 5.78 Å². The second-order valence-electron chi connectivity index (χ2n) is 14.2. The van der Waals surface area contributed by atoms with E-state index in [0.29, 0.717) is 46.8 Å². The summed E-state index contributed by atoms with van der Waals surface area (Å²) in [5, 5.41) is 5.42. The van der Waals surface area contributed by atoms with Crippen LogP contribution in [-0.2, 0) is 39.9 Å². The lowest BCUT2D eigenvalue weighted by Crippen LogP contribution is -2.46. The Morgan fingerprint density at radius 2 is 1.62 bits per heavy atom. The molecule has 1 aliphatic heterocycles. The number of carbonyl (C=O) groups is 6. The molecule has 0 fully saturated rings. The maximum atomic E-state index is 14.2. The number of benzene rings is 2. The number of hydrogen-bond donors (Lipinski definition) is 2. The fourth-order valence-electron chi connectivity index (χ4n) is 5.94. The summed E-state index contributed by atoms with van der Waals surface area (Å²) in [6, 6.07) is 8.33. The number of carbonyl (C=O) groups excluding carboxylic acids is 6. The molecule has 0 unspecified atom stereocenters. The number of ether oxygens (including phenoxy) is 4. The van der Waals surface area contributed by atoms with Crippen LogP contribution in [0.25, 0.3) is 11.1 Å². The Morgan fingerprint density at radius 3 is 2.23 bits per heavy atom. The topological polar surface area (TPSA) is 167 Å². The zero-order valence-electron chi connectivity index (χ0n) is 31.8. The SMILES string of the molecule is CCCOc1ccc2cc1-c1cc(ccc1OCCNC(=O)OC(C)(C)C)C[C@@H](C(=O)OC)NC(=O)[C@H](C)CC(=O)[C@H]2N(C)C(=O)[C@@H](C)CC(C)=O. The Labute approximate surface area is 306 Å². The molecule has 284 valence electrons. The minimum absolute atomic E-state index is 0.00311. The van der Waals surface area contributed by atoms with Crippen LogP contribution in [0.5, 0.6) is 11.5 Å². The summed E-state index contributed by atoms with van der Waals surface area (Å²) in [7, 11) is 2.74. The van der Waals surface area contributed by atoms with Gasteiger partial charge in [-0.05, 0) is 69.5 Å². The standard InChI is InChI=1S/C39H53N3O10/c1-10-16-50-33-14-12-27-22-29(33)28-20-26(11-13-32(28)51-17-15-40-38(48)52-39(5,6)7)21-30(37(47)49-9)41-35(45)23(2)19-31(44)34(27)42(8)36(46)24(3)18-25(4)43/h11-14,20,22-24,30,34H,10,15-19,21H2,1-9H3,(H,40,48)(H,41,45)/t23-,24+,30+,34+/m1/s1. The molecule has 2 aromatic carbocycles. The van der Waals surface area contributed by atoms with Crippen molar-refractivity contribution in [1.29, 1.82) is 0 Å². The number of ketones is 2. The summed E-state index contributed by atoms with van der Waals surface area (Å²) in [6.07, 6.45) is -0.0370. The first-order chi connectivity index (χ1) is 24.4. The molecule has 0 aliphatic carbocycles. The smallest absolute Gasteiger partial charge is 0.407 e. The first kappa shape index (κ1) is 41.5. The van der Waals surface area contributed by atoms with Crippen molar-refractivity contribution in [3.8, 4) is 22.6 Å². The van der Waals surface area contributed by atoms with Crippen LogP contribution in [0.2, 0.25) is 0 Å². The number of rotatable bonds is 12. The van der Waals surface area contributed by atoms with E-state index in [4.69, 9.17) is 18.9 Å². The van der Waals surface area contributed by atoms with Crippen LogP contribution in [0.15, 0.2) is 36.4 Å². The Kier molecular flexibility index (Phi) is 14.8. The minimum Gasteiger partial charge on any atom is -0.493 e. The predicted octanol–water partition coefficient (Wildman–Crippen LogP) is 4.97. The van der Waals surface area contributed by atoms with E-state index < -0.39 is 59.2 Å². The maximum Gasteiger partial charge on any atom is 0.407 e. The summed E-state index contributed by atoms with van der Waals surface area (Å²) in [5.41, 5.74) is 1.57. The molecule has 0 saturated heterocycles. The molecule has 0 radical (unpaired) electrons. The van der Waals surface area contributed by atoms with Gasteiger partial charge in [0.05, 0.1) is 20.3 Å². The number of methoxy groups -OCH3 is 1. The van der Waals surface area contributed by atoms with E-state index in [-0.39, 0.29) is 38.2 Å². The first-order valence-electron chi connectivity index (χ1n) is 17.6. The number of likely N-dealkylation sites (N-methyl/N-ethyl adjacent to an activating group) is 1. The Bertz CT molecular complexity index is 1630. The van der Waals surface area contributed by atoms with Crippen molar-refractivity contribution in [2.24, 2.45) is 11.8 Å². The van der Waals surface area contributed by atoms with Gasteiger partial charge in [-0.3, -0.25) is 14.4 Å². The number of esters is 1. The van der Waals surface area contributed by atoms with Crippen LogP contribution in [-0.4, -0.2) is 85.9 Å². The van der Waals surface area contributed by atoms with Crippen molar-refractivity contribution in [2.45, 2.75) is 91.8 Å². The molecule has 2 aromatic rings. The minimum atomic E-state index is -1.12. The second-order valence-corrected chi connectivity index (χ2v) is 14.2. The van der Waals surface area contributed by atoms with Crippen LogP contribution in [0, 0.1) is 11.8 Å². The highest BCUT2D eigenvalue weighted by molar-refractivity contribution is 5.95. The van der Waals surface area contributed by atoms with Crippen molar-refractivity contribution >= 4 is 35.4 Å². The van der Waals surface area contributed by atoms with Crippen molar-refractivity contribution in [1.82, 2.24) is 15.5 Å². The molecule has 0 saturated carbocycles. The third-order valence-corrected chi connectivity index (χ3v) is 8.40. The number of hydrogen-bond acceptors (Lipinski definition) is 10. The number of alkyl carbamates (subject to hydrolysis) is 1. The fourth-order valence-corrected chi connectivity index (χ4v) is 5.94. The van der Waals surface area contributed by atoms with E-state index in [1.54, 1.807) is 65.0 Å². The Hall–Kier alpha value is -4.94. The zero-order valence-corrected chi connectivity index (χ0v) is 31.8. The van der Waals surface area contributed by atoms with Crippen molar-refractivity contribution < 1.29 is 47.7 Å². The summed E-state index contributed by atoms with van der Waals surface area (Å²) < 4.78 is 22.7. The molecule has 4 atom stereocenters. The van der Waals surface area contributed by atoms with Gasteiger partial charge in [-0.25, -0.2) is 9.59 Å². The van der Waals surface area contributed by atoms with Gasteiger partial charge in [-0.2, -0.15) is 0 Å². The predicted molar refractivity (Wildman–Crippen MR) is 194 cm³/mol. The largest absolute Gasteiger partial charge is 0.493 e. The molecular formula is C39H53N3O10. The van der Waals surface area contributed by atoms with Crippen LogP contribution >= 0.6 is 0 Å². The van der Waals surface area contributed by atoms with Crippen LogP contribution in [0.3, 0.4) is 0 Å². The van der Waals surface area contributed by atoms with Crippen LogP contribution in [0.4, 0.5) is 4.79 Å². The molecule has 13 nitrogen and oxygen atoms in total. The number of nitrogens with zero attached hydrogens (tertiary/aromatic N) is 1. The molecule has 1 aliphatic rings. The van der Waals surface area contributed by atoms with Crippen molar-refractivity contribution in [2.75, 3.05) is 33.9 Å². The molecule has 0 spiro atoms. The van der Waals surface area contributed by atoms with Gasteiger partial charge in [0.2, 0.25) is 11.8 Å². The van der Waals surface area contributed by atoms with Gasteiger partial charge >= 0.3 is 12.1 Å². The highest BCUT2D eigenvalue weighted by atomic mass is 16.6. The lowest BCUT2D eigenvalue weighted by Gasteiger charge is -2.31. The van der Waals surface area contributed by atoms with E-state index in [9.17, 15) is 28.8 Å². The number of nitrogens with one attached hydrogen (secondary N) is 2. The number of Topliss-reactive ketones (excluding diaryl/α,β-unsaturated/α-hetero) is 2. The lowest BCUT2D eigenvalue weighted by molar-refractivity contribution is -0.146. The van der Waals surface area contributed by atoms with Crippen molar-refractivity contribution in [3.05, 3.63) is 47.5 Å². The molecule has 52 heavy (non-hydrogen) atoms. The summed E-state index contributed by atoms with van der Waals surface area (Å²) in [4.78, 5) is 79.7. The fraction of sp³-hybridized carbons (Fsp3) is 0.538. The molecule has 1 heterocycles. The summed E-state index contributed by atoms with van der Waals surface area (Å²) >= 11 is 0. The molecule has 4 bridgehead atoms. The molecule has 0 aromatic heterocycles. The maximum absolute atomic E-state index is 14.2. The number of fused-ring (bicyclic) bond motifs is 5. The number of amides is 3. The average molecular weight is 724 g/mol. The second kappa shape index (κ2) is 18.5. The third-order valence-electron chi connectivity index (χ3n) is 8.40. The molecule has 3 rings (SSSR count). The molecular weight excluding hydrogens is 670 g/mol. The average Bonchev–Trinajstić information content (AvgIpc) is 3.07. The van der Waals surface area contributed by atoms with E-state index in [0.717, 1.165) is 0 Å². The van der Waals surface area contributed by atoms with E-state index in [2.05, 4.69) is 10.6 Å². The van der Waals surface area contributed by atoms with Crippen molar-refractivity contribution in [3.63, 3.8) is 0 Å². The molecule has 3 amide bonds. The van der Waals surface area contributed by atoms with Crippen LogP contribution in [0.1, 0.15) is 84.9 Å². The highest BCUT2D eigenvalue weighted by Gasteiger charge is 2.35. The molecule has 13 heteroatoms. The van der Waals surface area contributed by atoms with E-state index in [1.807, 2.05) is 13.0 Å². The zero-order chi connectivity index (χ0) is 38.7. The normalized spacial score (nSPS) is 18.2. The molecule has 2 N–H and O–H groups in total. The van der Waals surface area contributed by atoms with Gasteiger partial charge in [-0.1, -0.05) is 32.9 Å². The van der Waals surface area contributed by atoms with E-state index in [1.165, 1.54) is 26.0 Å². The summed E-state index contributed by atoms with van der Waals surface area (Å²) in [5.74, 6) is -2.81. The Balaban J connectivity index is 2.22. The van der Waals surface area contributed by atoms with Gasteiger partial charge in [-0.15, -0.1) is 0 Å². The van der Waals surface area contributed by atoms with Gasteiger partial charge < -0.3 is 39.3 Å². The highest BCUT2D eigenvalue weighted by Crippen LogP contribution is 2.40. The lowest BCUT2D eigenvalue weighted by atomic mass is 9.89. The summed E-state index contributed by atoms with van der Waals surface area (Å²) in [6.45, 7) is 12.5. The van der Waals surface area contributed by atoms with Gasteiger partial charge in [0.1, 0.15) is 41.6 Å². The monoisotopic (exact) mass is 723 g/mol. The van der Waals surface area contributed by atoms with E-state index >= 15 is 0 Å². The first-order valence-corrected chi connectivity index (χ1v) is 17.6. The van der Waals surface area contributed by atoms with Gasteiger partial charge in [0.25, 0.3) is 0 Å².